The Morgan fingerprint density at radius 2 is 1.89 bits per heavy atom. The molecule has 0 aliphatic heterocycles. The smallest absolute Gasteiger partial charge is 0.157 e. The van der Waals surface area contributed by atoms with Gasteiger partial charge in [0.25, 0.3) is 0 Å². The number of aromatic nitrogens is 3. The fourth-order valence-electron chi connectivity index (χ4n) is 2.48. The Labute approximate surface area is 108 Å². The Morgan fingerprint density at radius 3 is 2.50 bits per heavy atom. The summed E-state index contributed by atoms with van der Waals surface area (Å²) >= 11 is 0. The van der Waals surface area contributed by atoms with Crippen LogP contribution >= 0.6 is 0 Å². The summed E-state index contributed by atoms with van der Waals surface area (Å²) in [5.74, 6) is 1.20. The lowest BCUT2D eigenvalue weighted by Crippen LogP contribution is -2.07. The summed E-state index contributed by atoms with van der Waals surface area (Å²) < 4.78 is 1.72. The Hall–Kier alpha value is -1.58. The van der Waals surface area contributed by atoms with E-state index in [1.807, 2.05) is 19.1 Å². The average Bonchev–Trinajstić information content (AvgIpc) is 2.70. The second kappa shape index (κ2) is 5.38. The first-order valence-electron chi connectivity index (χ1n) is 6.78. The molecule has 0 aliphatic carbocycles. The van der Waals surface area contributed by atoms with Crippen LogP contribution in [0.15, 0.2) is 12.1 Å². The van der Waals surface area contributed by atoms with E-state index in [4.69, 9.17) is 10.7 Å². The standard InChI is InChI=1S/C14H22N4/c1-4-6-11(7-5-2)12-9-13(15)18-14(16-12)8-10(3)17-18/h8-9,11H,4-7,15H2,1-3H3. The number of anilines is 1. The maximum atomic E-state index is 6.06. The number of nitrogens with two attached hydrogens (primary N) is 1. The predicted octanol–water partition coefficient (Wildman–Crippen LogP) is 3.30. The zero-order valence-electron chi connectivity index (χ0n) is 11.5. The maximum Gasteiger partial charge on any atom is 0.157 e. The van der Waals surface area contributed by atoms with Gasteiger partial charge in [0.15, 0.2) is 5.65 Å². The number of aryl methyl sites for hydroxylation is 1. The molecule has 0 radical (unpaired) electrons. The van der Waals surface area contributed by atoms with E-state index in [0.29, 0.717) is 11.7 Å². The lowest BCUT2D eigenvalue weighted by Gasteiger charge is -2.15. The summed E-state index contributed by atoms with van der Waals surface area (Å²) in [5, 5.41) is 4.33. The number of fused-ring (bicyclic) bond motifs is 1. The van der Waals surface area contributed by atoms with Gasteiger partial charge in [0.05, 0.1) is 5.69 Å². The molecule has 18 heavy (non-hydrogen) atoms. The summed E-state index contributed by atoms with van der Waals surface area (Å²) in [6.07, 6.45) is 4.69. The number of nitrogen functional groups attached to an aromatic ring is 1. The fourth-order valence-corrected chi connectivity index (χ4v) is 2.48. The minimum absolute atomic E-state index is 0.516. The molecule has 0 fully saturated rings. The summed E-state index contributed by atoms with van der Waals surface area (Å²) in [5.41, 5.74) is 8.99. The molecule has 98 valence electrons. The first kappa shape index (κ1) is 12.9. The van der Waals surface area contributed by atoms with Gasteiger partial charge in [0.2, 0.25) is 0 Å². The minimum Gasteiger partial charge on any atom is -0.384 e. The molecular formula is C14H22N4. The van der Waals surface area contributed by atoms with Crippen molar-refractivity contribution in [2.75, 3.05) is 5.73 Å². The second-order valence-electron chi connectivity index (χ2n) is 4.94. The molecule has 2 aromatic rings. The van der Waals surface area contributed by atoms with Crippen molar-refractivity contribution in [3.8, 4) is 0 Å². The van der Waals surface area contributed by atoms with Gasteiger partial charge >= 0.3 is 0 Å². The van der Waals surface area contributed by atoms with E-state index in [1.165, 1.54) is 25.7 Å². The summed E-state index contributed by atoms with van der Waals surface area (Å²) in [7, 11) is 0. The number of rotatable bonds is 5. The van der Waals surface area contributed by atoms with Crippen LogP contribution in [0.3, 0.4) is 0 Å². The van der Waals surface area contributed by atoms with Crippen molar-refractivity contribution in [3.05, 3.63) is 23.5 Å². The van der Waals surface area contributed by atoms with Gasteiger partial charge in [-0.05, 0) is 19.8 Å². The Kier molecular flexibility index (Phi) is 3.84. The molecule has 0 bridgehead atoms. The van der Waals surface area contributed by atoms with Crippen LogP contribution < -0.4 is 5.73 Å². The van der Waals surface area contributed by atoms with Crippen LogP contribution in [0.5, 0.6) is 0 Å². The van der Waals surface area contributed by atoms with Gasteiger partial charge in [-0.1, -0.05) is 26.7 Å². The molecule has 0 spiro atoms. The van der Waals surface area contributed by atoms with E-state index in [9.17, 15) is 0 Å². The molecule has 0 saturated carbocycles. The van der Waals surface area contributed by atoms with Crippen molar-refractivity contribution in [2.45, 2.75) is 52.4 Å². The lowest BCUT2D eigenvalue weighted by molar-refractivity contribution is 0.548. The predicted molar refractivity (Wildman–Crippen MR) is 74.7 cm³/mol. The topological polar surface area (TPSA) is 56.2 Å². The summed E-state index contributed by atoms with van der Waals surface area (Å²) in [6.45, 7) is 6.39. The monoisotopic (exact) mass is 246 g/mol. The largest absolute Gasteiger partial charge is 0.384 e. The molecule has 2 N–H and O–H groups in total. The van der Waals surface area contributed by atoms with Gasteiger partial charge in [0, 0.05) is 23.7 Å². The van der Waals surface area contributed by atoms with E-state index in [-0.39, 0.29) is 0 Å². The van der Waals surface area contributed by atoms with Crippen LogP contribution in [0.25, 0.3) is 5.65 Å². The molecule has 4 nitrogen and oxygen atoms in total. The van der Waals surface area contributed by atoms with Crippen molar-refractivity contribution in [1.29, 1.82) is 0 Å². The van der Waals surface area contributed by atoms with E-state index in [2.05, 4.69) is 18.9 Å². The van der Waals surface area contributed by atoms with Gasteiger partial charge in [-0.15, -0.1) is 0 Å². The normalized spacial score (nSPS) is 11.6. The molecule has 2 aromatic heterocycles. The first-order chi connectivity index (χ1) is 8.65. The third kappa shape index (κ3) is 2.47. The number of nitrogens with zero attached hydrogens (tertiary/aromatic N) is 3. The Morgan fingerprint density at radius 1 is 1.22 bits per heavy atom. The van der Waals surface area contributed by atoms with Crippen LogP contribution in [0.2, 0.25) is 0 Å². The van der Waals surface area contributed by atoms with Crippen LogP contribution in [-0.4, -0.2) is 14.6 Å². The van der Waals surface area contributed by atoms with Gasteiger partial charge in [0.1, 0.15) is 5.82 Å². The van der Waals surface area contributed by atoms with Gasteiger partial charge in [-0.3, -0.25) is 0 Å². The third-order valence-corrected chi connectivity index (χ3v) is 3.29. The third-order valence-electron chi connectivity index (χ3n) is 3.29. The SMILES string of the molecule is CCCC(CCC)c1cc(N)n2nc(C)cc2n1. The van der Waals surface area contributed by atoms with Crippen LogP contribution in [-0.2, 0) is 0 Å². The highest BCUT2D eigenvalue weighted by molar-refractivity contribution is 5.48. The van der Waals surface area contributed by atoms with Gasteiger partial charge < -0.3 is 5.73 Å². The van der Waals surface area contributed by atoms with Crippen LogP contribution in [0, 0.1) is 6.92 Å². The highest BCUT2D eigenvalue weighted by Gasteiger charge is 2.14. The molecule has 0 aliphatic rings. The molecule has 0 aromatic carbocycles. The quantitative estimate of drug-likeness (QED) is 0.880. The Bertz CT molecular complexity index is 524. The highest BCUT2D eigenvalue weighted by Crippen LogP contribution is 2.26. The van der Waals surface area contributed by atoms with E-state index in [1.54, 1.807) is 4.52 Å². The molecule has 0 saturated heterocycles. The molecule has 0 unspecified atom stereocenters. The second-order valence-corrected chi connectivity index (χ2v) is 4.94. The minimum atomic E-state index is 0.516. The van der Waals surface area contributed by atoms with Crippen LogP contribution in [0.1, 0.15) is 56.8 Å². The average molecular weight is 246 g/mol. The first-order valence-corrected chi connectivity index (χ1v) is 6.78. The molecule has 0 atom stereocenters. The van der Waals surface area contributed by atoms with Gasteiger partial charge in [-0.25, -0.2) is 4.98 Å². The Balaban J connectivity index is 2.42. The molecule has 0 amide bonds. The fraction of sp³-hybridized carbons (Fsp3) is 0.571. The summed E-state index contributed by atoms with van der Waals surface area (Å²) in [4.78, 5) is 4.71. The maximum absolute atomic E-state index is 6.06. The molecule has 2 rings (SSSR count). The zero-order chi connectivity index (χ0) is 13.1. The summed E-state index contributed by atoms with van der Waals surface area (Å²) in [6, 6.07) is 3.96. The van der Waals surface area contributed by atoms with Crippen LogP contribution in [0.4, 0.5) is 5.82 Å². The van der Waals surface area contributed by atoms with E-state index < -0.39 is 0 Å². The van der Waals surface area contributed by atoms with Crippen molar-refractivity contribution in [2.24, 2.45) is 0 Å². The molecular weight excluding hydrogens is 224 g/mol. The highest BCUT2D eigenvalue weighted by atomic mass is 15.3. The van der Waals surface area contributed by atoms with Crippen molar-refractivity contribution in [1.82, 2.24) is 14.6 Å². The molecule has 2 heterocycles. The van der Waals surface area contributed by atoms with Gasteiger partial charge in [-0.2, -0.15) is 9.61 Å². The van der Waals surface area contributed by atoms with Crippen molar-refractivity contribution >= 4 is 11.5 Å². The van der Waals surface area contributed by atoms with E-state index in [0.717, 1.165) is 17.0 Å². The lowest BCUT2D eigenvalue weighted by atomic mass is 9.94. The molecule has 4 heteroatoms. The zero-order valence-corrected chi connectivity index (χ0v) is 11.5. The van der Waals surface area contributed by atoms with E-state index >= 15 is 0 Å². The number of hydrogen-bond donors (Lipinski definition) is 1. The van der Waals surface area contributed by atoms with Crippen molar-refractivity contribution in [3.63, 3.8) is 0 Å². The van der Waals surface area contributed by atoms with Crippen molar-refractivity contribution < 1.29 is 0 Å². The number of hydrogen-bond acceptors (Lipinski definition) is 3.